The predicted octanol–water partition coefficient (Wildman–Crippen LogP) is 3.15. The molecule has 1 aromatic rings. The van der Waals surface area contributed by atoms with E-state index in [9.17, 15) is 4.79 Å². The average molecular weight is 289 g/mol. The van der Waals surface area contributed by atoms with Gasteiger partial charge in [0, 0.05) is 22.1 Å². The smallest absolute Gasteiger partial charge is 0.358 e. The van der Waals surface area contributed by atoms with Crippen LogP contribution in [0.25, 0.3) is 0 Å². The number of esters is 1. The van der Waals surface area contributed by atoms with Gasteiger partial charge in [-0.3, -0.25) is 0 Å². The van der Waals surface area contributed by atoms with Crippen LogP contribution in [0.1, 0.15) is 32.5 Å². The summed E-state index contributed by atoms with van der Waals surface area (Å²) in [6.07, 6.45) is 0. The van der Waals surface area contributed by atoms with Crippen LogP contribution >= 0.6 is 34.9 Å². The maximum absolute atomic E-state index is 11.7. The summed E-state index contributed by atoms with van der Waals surface area (Å²) in [7, 11) is 0. The SMILES string of the molecule is CCOC(=O)c1nc(C2CSCCS2)sc1C. The maximum Gasteiger partial charge on any atom is 0.358 e. The highest BCUT2D eigenvalue weighted by atomic mass is 32.2. The fourth-order valence-electron chi connectivity index (χ4n) is 1.57. The zero-order valence-corrected chi connectivity index (χ0v) is 12.3. The average Bonchev–Trinajstić information content (AvgIpc) is 2.73. The number of hydrogen-bond donors (Lipinski definition) is 0. The fraction of sp³-hybridized carbons (Fsp3) is 0.636. The molecule has 0 N–H and O–H groups in total. The van der Waals surface area contributed by atoms with Crippen LogP contribution in [0.4, 0.5) is 0 Å². The number of ether oxygens (including phenoxy) is 1. The molecule has 2 rings (SSSR count). The van der Waals surface area contributed by atoms with Gasteiger partial charge in [-0.05, 0) is 13.8 Å². The van der Waals surface area contributed by atoms with Gasteiger partial charge in [-0.1, -0.05) is 0 Å². The van der Waals surface area contributed by atoms with Crippen LogP contribution in [0.2, 0.25) is 0 Å². The Labute approximate surface area is 114 Å². The van der Waals surface area contributed by atoms with Crippen molar-refractivity contribution in [3.63, 3.8) is 0 Å². The lowest BCUT2D eigenvalue weighted by molar-refractivity contribution is 0.0519. The highest BCUT2D eigenvalue weighted by Gasteiger charge is 2.23. The number of thioether (sulfide) groups is 2. The highest BCUT2D eigenvalue weighted by Crippen LogP contribution is 2.39. The molecule has 0 aliphatic carbocycles. The molecule has 0 aromatic carbocycles. The Hall–Kier alpha value is -0.200. The first-order valence-electron chi connectivity index (χ1n) is 5.56. The summed E-state index contributed by atoms with van der Waals surface area (Å²) in [5.41, 5.74) is 0.503. The lowest BCUT2D eigenvalue weighted by atomic mass is 10.4. The van der Waals surface area contributed by atoms with Gasteiger partial charge < -0.3 is 4.74 Å². The van der Waals surface area contributed by atoms with Crippen molar-refractivity contribution < 1.29 is 9.53 Å². The van der Waals surface area contributed by atoms with Gasteiger partial charge >= 0.3 is 5.97 Å². The third-order valence-electron chi connectivity index (χ3n) is 2.37. The van der Waals surface area contributed by atoms with E-state index < -0.39 is 0 Å². The Kier molecular flexibility index (Phi) is 4.76. The molecule has 1 aromatic heterocycles. The molecular formula is C11H15NO2S3. The van der Waals surface area contributed by atoms with E-state index in [0.717, 1.165) is 15.6 Å². The number of rotatable bonds is 3. The molecular weight excluding hydrogens is 274 g/mol. The summed E-state index contributed by atoms with van der Waals surface area (Å²) in [4.78, 5) is 17.1. The summed E-state index contributed by atoms with van der Waals surface area (Å²) in [6.45, 7) is 4.15. The molecule has 0 spiro atoms. The van der Waals surface area contributed by atoms with E-state index in [0.29, 0.717) is 17.6 Å². The molecule has 6 heteroatoms. The number of thiazole rings is 1. The minimum Gasteiger partial charge on any atom is -0.461 e. The van der Waals surface area contributed by atoms with Crippen LogP contribution in [0.15, 0.2) is 0 Å². The molecule has 1 saturated heterocycles. The number of carbonyl (C=O) groups excluding carboxylic acids is 1. The van der Waals surface area contributed by atoms with Crippen molar-refractivity contribution in [1.82, 2.24) is 4.98 Å². The monoisotopic (exact) mass is 289 g/mol. The summed E-state index contributed by atoms with van der Waals surface area (Å²) in [5, 5.41) is 1.52. The predicted molar refractivity (Wildman–Crippen MR) is 75.3 cm³/mol. The number of aromatic nitrogens is 1. The van der Waals surface area contributed by atoms with Gasteiger partial charge in [0.1, 0.15) is 5.01 Å². The van der Waals surface area contributed by atoms with E-state index in [1.165, 1.54) is 11.5 Å². The Morgan fingerprint density at radius 1 is 1.53 bits per heavy atom. The van der Waals surface area contributed by atoms with Gasteiger partial charge in [-0.25, -0.2) is 9.78 Å². The molecule has 1 aliphatic rings. The van der Waals surface area contributed by atoms with Crippen LogP contribution in [0, 0.1) is 6.92 Å². The van der Waals surface area contributed by atoms with Crippen LogP contribution in [-0.4, -0.2) is 34.8 Å². The number of carbonyl (C=O) groups is 1. The molecule has 1 unspecified atom stereocenters. The third-order valence-corrected chi connectivity index (χ3v) is 6.37. The van der Waals surface area contributed by atoms with Crippen molar-refractivity contribution >= 4 is 40.8 Å². The second-order valence-corrected chi connectivity index (χ2v) is 7.31. The summed E-state index contributed by atoms with van der Waals surface area (Å²) >= 11 is 5.53. The van der Waals surface area contributed by atoms with Gasteiger partial charge in [-0.15, -0.1) is 23.1 Å². The molecule has 1 fully saturated rings. The van der Waals surface area contributed by atoms with Crippen LogP contribution in [0.5, 0.6) is 0 Å². The van der Waals surface area contributed by atoms with Gasteiger partial charge in [-0.2, -0.15) is 11.8 Å². The second kappa shape index (κ2) is 6.11. The zero-order valence-electron chi connectivity index (χ0n) is 9.89. The first kappa shape index (κ1) is 13.2. The zero-order chi connectivity index (χ0) is 12.3. The number of nitrogens with zero attached hydrogens (tertiary/aromatic N) is 1. The minimum absolute atomic E-state index is 0.291. The first-order chi connectivity index (χ1) is 8.22. The van der Waals surface area contributed by atoms with E-state index >= 15 is 0 Å². The van der Waals surface area contributed by atoms with Crippen molar-refractivity contribution in [2.75, 3.05) is 23.9 Å². The molecule has 1 atom stereocenters. The lowest BCUT2D eigenvalue weighted by Crippen LogP contribution is -2.09. The van der Waals surface area contributed by atoms with Gasteiger partial charge in [0.15, 0.2) is 5.69 Å². The van der Waals surface area contributed by atoms with Gasteiger partial charge in [0.25, 0.3) is 0 Å². The summed E-state index contributed by atoms with van der Waals surface area (Å²) in [6, 6.07) is 0. The van der Waals surface area contributed by atoms with Crippen molar-refractivity contribution in [2.24, 2.45) is 0 Å². The number of hydrogen-bond acceptors (Lipinski definition) is 6. The highest BCUT2D eigenvalue weighted by molar-refractivity contribution is 8.06. The first-order valence-corrected chi connectivity index (χ1v) is 8.58. The minimum atomic E-state index is -0.291. The van der Waals surface area contributed by atoms with Crippen LogP contribution < -0.4 is 0 Å². The molecule has 94 valence electrons. The normalized spacial score (nSPS) is 20.2. The number of aryl methyl sites for hydroxylation is 1. The Balaban J connectivity index is 2.14. The van der Waals surface area contributed by atoms with Crippen molar-refractivity contribution in [1.29, 1.82) is 0 Å². The summed E-state index contributed by atoms with van der Waals surface area (Å²) in [5.74, 6) is 3.19. The van der Waals surface area contributed by atoms with E-state index in [1.54, 1.807) is 11.3 Å². The molecule has 0 radical (unpaired) electrons. The van der Waals surface area contributed by atoms with E-state index in [2.05, 4.69) is 4.98 Å². The third kappa shape index (κ3) is 3.17. The Bertz CT molecular complexity index is 399. The topological polar surface area (TPSA) is 39.2 Å². The molecule has 0 amide bonds. The molecule has 0 saturated carbocycles. The Morgan fingerprint density at radius 3 is 3.00 bits per heavy atom. The quantitative estimate of drug-likeness (QED) is 0.799. The van der Waals surface area contributed by atoms with E-state index in [-0.39, 0.29) is 5.97 Å². The van der Waals surface area contributed by atoms with Crippen LogP contribution in [0.3, 0.4) is 0 Å². The second-order valence-electron chi connectivity index (χ2n) is 3.61. The largest absolute Gasteiger partial charge is 0.461 e. The van der Waals surface area contributed by atoms with E-state index in [4.69, 9.17) is 4.74 Å². The molecule has 1 aliphatic heterocycles. The fourth-order valence-corrected chi connectivity index (χ4v) is 5.47. The van der Waals surface area contributed by atoms with Crippen molar-refractivity contribution in [3.05, 3.63) is 15.6 Å². The maximum atomic E-state index is 11.7. The van der Waals surface area contributed by atoms with Crippen molar-refractivity contribution in [2.45, 2.75) is 19.1 Å². The molecule has 2 heterocycles. The Morgan fingerprint density at radius 2 is 2.35 bits per heavy atom. The lowest BCUT2D eigenvalue weighted by Gasteiger charge is -2.18. The van der Waals surface area contributed by atoms with Gasteiger partial charge in [0.05, 0.1) is 11.9 Å². The standard InChI is InChI=1S/C11H15NO2S3/c1-3-14-11(13)9-7(2)17-10(12-9)8-6-15-4-5-16-8/h8H,3-6H2,1-2H3. The van der Waals surface area contributed by atoms with Gasteiger partial charge in [0.2, 0.25) is 0 Å². The molecule has 0 bridgehead atoms. The van der Waals surface area contributed by atoms with Crippen molar-refractivity contribution in [3.8, 4) is 0 Å². The molecule has 17 heavy (non-hydrogen) atoms. The van der Waals surface area contributed by atoms with Crippen LogP contribution in [-0.2, 0) is 4.74 Å². The van der Waals surface area contributed by atoms with E-state index in [1.807, 2.05) is 37.4 Å². The summed E-state index contributed by atoms with van der Waals surface area (Å²) < 4.78 is 5.00. The molecule has 3 nitrogen and oxygen atoms in total.